The first-order valence-electron chi connectivity index (χ1n) is 10.8. The van der Waals surface area contributed by atoms with Crippen LogP contribution in [0.1, 0.15) is 29.4 Å². The molecule has 2 N–H and O–H groups in total. The average Bonchev–Trinajstić information content (AvgIpc) is 3.53. The number of aromatic nitrogens is 4. The molecule has 0 aliphatic rings. The van der Waals surface area contributed by atoms with Gasteiger partial charge in [-0.15, -0.1) is 11.3 Å². The zero-order valence-corrected chi connectivity index (χ0v) is 20.6. The molecule has 0 radical (unpaired) electrons. The van der Waals surface area contributed by atoms with Gasteiger partial charge in [-0.1, -0.05) is 19.4 Å². The number of nitrogens with zero attached hydrogens (tertiary/aromatic N) is 3. The molecular weight excluding hydrogens is 470 g/mol. The lowest BCUT2D eigenvalue weighted by Crippen LogP contribution is -2.19. The van der Waals surface area contributed by atoms with Crippen LogP contribution in [-0.4, -0.2) is 47.0 Å². The molecule has 3 heterocycles. The number of hydrogen-bond donors (Lipinski definition) is 2. The quantitative estimate of drug-likeness (QED) is 0.361. The molecule has 10 nitrogen and oxygen atoms in total. The van der Waals surface area contributed by atoms with Crippen molar-refractivity contribution in [3.05, 3.63) is 63.4 Å². The van der Waals surface area contributed by atoms with Gasteiger partial charge < -0.3 is 19.5 Å². The van der Waals surface area contributed by atoms with Gasteiger partial charge in [0.2, 0.25) is 11.7 Å². The molecule has 0 aliphatic carbocycles. The largest absolute Gasteiger partial charge is 0.493 e. The van der Waals surface area contributed by atoms with E-state index in [1.54, 1.807) is 18.2 Å². The first kappa shape index (κ1) is 24.0. The molecule has 11 heteroatoms. The van der Waals surface area contributed by atoms with Crippen molar-refractivity contribution in [3.8, 4) is 33.8 Å². The summed E-state index contributed by atoms with van der Waals surface area (Å²) in [6.45, 7) is 2.01. The zero-order chi connectivity index (χ0) is 24.9. The summed E-state index contributed by atoms with van der Waals surface area (Å²) < 4.78 is 17.5. The molecule has 0 saturated heterocycles. The van der Waals surface area contributed by atoms with Crippen molar-refractivity contribution < 1.29 is 19.0 Å². The van der Waals surface area contributed by atoms with Gasteiger partial charge in [-0.05, 0) is 30.0 Å². The van der Waals surface area contributed by atoms with Gasteiger partial charge in [0.05, 0.1) is 26.2 Å². The fraction of sp³-hybridized carbons (Fsp3) is 0.250. The van der Waals surface area contributed by atoms with Gasteiger partial charge >= 0.3 is 0 Å². The molecule has 0 bridgehead atoms. The number of H-pyrrole nitrogens is 1. The summed E-state index contributed by atoms with van der Waals surface area (Å²) >= 11 is 1.51. The number of hydrogen-bond acceptors (Lipinski definition) is 8. The van der Waals surface area contributed by atoms with E-state index < -0.39 is 5.91 Å². The second-order valence-electron chi connectivity index (χ2n) is 7.48. The lowest BCUT2D eigenvalue weighted by molar-refractivity contribution is 0.102. The number of ether oxygens (including phenoxy) is 3. The second-order valence-corrected chi connectivity index (χ2v) is 8.43. The van der Waals surface area contributed by atoms with Gasteiger partial charge in [0.25, 0.3) is 11.5 Å². The van der Waals surface area contributed by atoms with E-state index in [-0.39, 0.29) is 17.1 Å². The predicted octanol–water partition coefficient (Wildman–Crippen LogP) is 3.91. The number of carbonyl (C=O) groups is 1. The Bertz CT molecular complexity index is 1370. The minimum atomic E-state index is -0.435. The van der Waals surface area contributed by atoms with Gasteiger partial charge in [0.15, 0.2) is 11.5 Å². The van der Waals surface area contributed by atoms with E-state index in [0.717, 1.165) is 11.3 Å². The topological polar surface area (TPSA) is 120 Å². The number of benzene rings is 1. The number of anilines is 1. The Labute approximate surface area is 205 Å². The summed E-state index contributed by atoms with van der Waals surface area (Å²) in [4.78, 5) is 33.7. The van der Waals surface area contributed by atoms with Gasteiger partial charge in [-0.3, -0.25) is 14.6 Å². The van der Waals surface area contributed by atoms with Crippen LogP contribution < -0.4 is 25.1 Å². The Morgan fingerprint density at radius 3 is 2.46 bits per heavy atom. The third kappa shape index (κ3) is 5.04. The summed E-state index contributed by atoms with van der Waals surface area (Å²) in [5.74, 6) is 1.19. The van der Waals surface area contributed by atoms with Gasteiger partial charge in [0, 0.05) is 23.4 Å². The van der Waals surface area contributed by atoms with Crippen LogP contribution in [0, 0.1) is 0 Å². The highest BCUT2D eigenvalue weighted by Crippen LogP contribution is 2.38. The fourth-order valence-electron chi connectivity index (χ4n) is 3.56. The zero-order valence-electron chi connectivity index (χ0n) is 19.7. The van der Waals surface area contributed by atoms with Gasteiger partial charge in [-0.25, -0.2) is 4.98 Å². The van der Waals surface area contributed by atoms with Crippen molar-refractivity contribution in [2.24, 2.45) is 0 Å². The van der Waals surface area contributed by atoms with Crippen LogP contribution in [0.4, 0.5) is 5.82 Å². The Hall–Kier alpha value is -4.12. The van der Waals surface area contributed by atoms with Crippen LogP contribution in [0.25, 0.3) is 16.5 Å². The van der Waals surface area contributed by atoms with E-state index in [2.05, 4.69) is 20.4 Å². The van der Waals surface area contributed by atoms with E-state index in [1.165, 1.54) is 43.4 Å². The maximum Gasteiger partial charge on any atom is 0.257 e. The maximum absolute atomic E-state index is 13.3. The van der Waals surface area contributed by atoms with Crippen molar-refractivity contribution in [1.82, 2.24) is 19.7 Å². The summed E-state index contributed by atoms with van der Waals surface area (Å²) in [6.07, 6.45) is 1.48. The lowest BCUT2D eigenvalue weighted by Gasteiger charge is -2.14. The smallest absolute Gasteiger partial charge is 0.257 e. The molecule has 0 unspecified atom stereocenters. The Kier molecular flexibility index (Phi) is 7.16. The number of aryl methyl sites for hydroxylation is 1. The van der Waals surface area contributed by atoms with E-state index in [4.69, 9.17) is 14.2 Å². The number of aromatic amines is 1. The highest BCUT2D eigenvalue weighted by atomic mass is 32.1. The SMILES string of the molecule is CCCc1cc(=O)[nH]c(-n2nc(-c3cccs3)cc2NC(=O)c2cc(OC)c(OC)c(OC)c2)n1. The number of amides is 1. The average molecular weight is 496 g/mol. The van der Waals surface area contributed by atoms with E-state index in [1.807, 2.05) is 24.4 Å². The number of thiophene rings is 1. The number of nitrogens with one attached hydrogen (secondary N) is 2. The molecule has 0 aliphatic heterocycles. The highest BCUT2D eigenvalue weighted by molar-refractivity contribution is 7.13. The van der Waals surface area contributed by atoms with Gasteiger partial charge in [-0.2, -0.15) is 9.78 Å². The molecule has 3 aromatic heterocycles. The first-order chi connectivity index (χ1) is 17.0. The molecule has 35 heavy (non-hydrogen) atoms. The van der Waals surface area contributed by atoms with Crippen LogP contribution in [0.2, 0.25) is 0 Å². The van der Waals surface area contributed by atoms with Crippen molar-refractivity contribution in [2.45, 2.75) is 19.8 Å². The normalized spacial score (nSPS) is 10.7. The van der Waals surface area contributed by atoms with Gasteiger partial charge in [0.1, 0.15) is 11.5 Å². The van der Waals surface area contributed by atoms with Crippen LogP contribution in [0.15, 0.2) is 46.6 Å². The molecule has 0 spiro atoms. The lowest BCUT2D eigenvalue weighted by atomic mass is 10.1. The van der Waals surface area contributed by atoms with Crippen molar-refractivity contribution in [2.75, 3.05) is 26.6 Å². The Morgan fingerprint density at radius 2 is 1.86 bits per heavy atom. The van der Waals surface area contributed by atoms with Crippen LogP contribution in [0.3, 0.4) is 0 Å². The summed E-state index contributed by atoms with van der Waals surface area (Å²) in [5.41, 5.74) is 1.25. The third-order valence-electron chi connectivity index (χ3n) is 5.14. The molecule has 1 amide bonds. The Morgan fingerprint density at radius 1 is 1.11 bits per heavy atom. The summed E-state index contributed by atoms with van der Waals surface area (Å²) in [5, 5.41) is 9.42. The first-order valence-corrected chi connectivity index (χ1v) is 11.7. The number of carbonyl (C=O) groups excluding carboxylic acids is 1. The maximum atomic E-state index is 13.3. The number of methoxy groups -OCH3 is 3. The highest BCUT2D eigenvalue weighted by Gasteiger charge is 2.20. The van der Waals surface area contributed by atoms with E-state index >= 15 is 0 Å². The third-order valence-corrected chi connectivity index (χ3v) is 6.03. The molecular formula is C24H25N5O5S. The Balaban J connectivity index is 1.77. The van der Waals surface area contributed by atoms with Crippen molar-refractivity contribution >= 4 is 23.1 Å². The summed E-state index contributed by atoms with van der Waals surface area (Å²) in [6, 6.07) is 10.1. The molecule has 4 aromatic rings. The predicted molar refractivity (Wildman–Crippen MR) is 133 cm³/mol. The molecule has 0 fully saturated rings. The molecule has 182 valence electrons. The molecule has 0 atom stereocenters. The van der Waals surface area contributed by atoms with Crippen LogP contribution >= 0.6 is 11.3 Å². The van der Waals surface area contributed by atoms with Crippen LogP contribution in [0.5, 0.6) is 17.2 Å². The minimum absolute atomic E-state index is 0.212. The standard InChI is InChI=1S/C24H25N5O5S/c1-5-7-15-12-21(30)27-24(25-15)29-20(13-16(28-29)19-8-6-9-35-19)26-23(31)14-10-17(32-2)22(34-4)18(11-14)33-3/h6,8-13H,5,7H2,1-4H3,(H,26,31)(H,25,27,30). The molecule has 1 aromatic carbocycles. The van der Waals surface area contributed by atoms with Crippen molar-refractivity contribution in [1.29, 1.82) is 0 Å². The van der Waals surface area contributed by atoms with E-state index in [0.29, 0.717) is 40.9 Å². The minimum Gasteiger partial charge on any atom is -0.493 e. The summed E-state index contributed by atoms with van der Waals surface area (Å²) in [7, 11) is 4.45. The second kappa shape index (κ2) is 10.4. The molecule has 4 rings (SSSR count). The monoisotopic (exact) mass is 495 g/mol. The van der Waals surface area contributed by atoms with Crippen LogP contribution in [-0.2, 0) is 6.42 Å². The van der Waals surface area contributed by atoms with Crippen molar-refractivity contribution in [3.63, 3.8) is 0 Å². The van der Waals surface area contributed by atoms with E-state index in [9.17, 15) is 9.59 Å². The number of rotatable bonds is 9. The molecule has 0 saturated carbocycles. The fourth-order valence-corrected chi connectivity index (χ4v) is 4.24.